The van der Waals surface area contributed by atoms with Crippen molar-refractivity contribution in [2.45, 2.75) is 25.4 Å². The zero-order valence-corrected chi connectivity index (χ0v) is 11.7. The third kappa shape index (κ3) is 2.52. The van der Waals surface area contributed by atoms with E-state index in [0.29, 0.717) is 6.54 Å². The van der Waals surface area contributed by atoms with Crippen molar-refractivity contribution in [1.82, 2.24) is 19.8 Å². The van der Waals surface area contributed by atoms with Crippen molar-refractivity contribution in [3.63, 3.8) is 0 Å². The number of fused-ring (bicyclic) bond motifs is 1. The summed E-state index contributed by atoms with van der Waals surface area (Å²) in [5.74, 6) is 3.40. The van der Waals surface area contributed by atoms with Crippen LogP contribution in [-0.2, 0) is 6.42 Å². The molecule has 3 heterocycles. The SMILES string of the molecule is CCc1nnc2ccc(NCC3(O)CCSC3)nn12. The normalized spacial score (nSPS) is 23.1. The monoisotopic (exact) mass is 279 g/mol. The number of aliphatic hydroxyl groups is 1. The first kappa shape index (κ1) is 12.7. The standard InChI is InChI=1S/C12H17N5OS/c1-2-10-14-15-11-4-3-9(16-17(10)11)13-7-12(18)5-6-19-8-12/h3-4,18H,2,5-8H2,1H3,(H,13,16). The Hall–Kier alpha value is -1.34. The first-order chi connectivity index (χ1) is 9.20. The maximum absolute atomic E-state index is 10.3. The van der Waals surface area contributed by atoms with Crippen LogP contribution in [0.5, 0.6) is 0 Å². The summed E-state index contributed by atoms with van der Waals surface area (Å²) in [6.07, 6.45) is 1.62. The molecule has 1 atom stereocenters. The fraction of sp³-hybridized carbons (Fsp3) is 0.583. The Balaban J connectivity index is 1.77. The minimum atomic E-state index is -0.609. The van der Waals surface area contributed by atoms with E-state index in [1.165, 1.54) is 0 Å². The summed E-state index contributed by atoms with van der Waals surface area (Å²) < 4.78 is 1.75. The minimum Gasteiger partial charge on any atom is -0.387 e. The molecule has 2 aromatic heterocycles. The topological polar surface area (TPSA) is 75.3 Å². The van der Waals surface area contributed by atoms with E-state index in [-0.39, 0.29) is 0 Å². The fourth-order valence-corrected chi connectivity index (χ4v) is 3.43. The van der Waals surface area contributed by atoms with Crippen molar-refractivity contribution in [1.29, 1.82) is 0 Å². The van der Waals surface area contributed by atoms with Gasteiger partial charge >= 0.3 is 0 Å². The number of aryl methyl sites for hydroxylation is 1. The molecular weight excluding hydrogens is 262 g/mol. The van der Waals surface area contributed by atoms with Crippen molar-refractivity contribution in [3.05, 3.63) is 18.0 Å². The van der Waals surface area contributed by atoms with Crippen molar-refractivity contribution in [3.8, 4) is 0 Å². The Bertz CT molecular complexity index is 579. The Labute approximate surface area is 115 Å². The van der Waals surface area contributed by atoms with Crippen molar-refractivity contribution >= 4 is 23.2 Å². The van der Waals surface area contributed by atoms with E-state index in [0.717, 1.165) is 41.6 Å². The van der Waals surface area contributed by atoms with Gasteiger partial charge in [-0.15, -0.1) is 15.3 Å². The largest absolute Gasteiger partial charge is 0.387 e. The van der Waals surface area contributed by atoms with Gasteiger partial charge in [0.25, 0.3) is 0 Å². The Morgan fingerprint density at radius 3 is 3.11 bits per heavy atom. The van der Waals surface area contributed by atoms with E-state index in [1.807, 2.05) is 19.1 Å². The molecule has 3 rings (SSSR count). The van der Waals surface area contributed by atoms with E-state index in [1.54, 1.807) is 16.3 Å². The number of hydrogen-bond acceptors (Lipinski definition) is 6. The average Bonchev–Trinajstić information content (AvgIpc) is 3.02. The van der Waals surface area contributed by atoms with Gasteiger partial charge in [0.05, 0.1) is 5.60 Å². The number of anilines is 1. The highest BCUT2D eigenvalue weighted by molar-refractivity contribution is 7.99. The Morgan fingerprint density at radius 1 is 1.47 bits per heavy atom. The molecule has 1 saturated heterocycles. The molecule has 0 radical (unpaired) electrons. The van der Waals surface area contributed by atoms with E-state index in [2.05, 4.69) is 20.6 Å². The van der Waals surface area contributed by atoms with Gasteiger partial charge in [-0.05, 0) is 24.3 Å². The van der Waals surface area contributed by atoms with Crippen molar-refractivity contribution in [2.75, 3.05) is 23.4 Å². The first-order valence-electron chi connectivity index (χ1n) is 6.45. The minimum absolute atomic E-state index is 0.530. The molecule has 0 bridgehead atoms. The lowest BCUT2D eigenvalue weighted by Gasteiger charge is -2.21. The summed E-state index contributed by atoms with van der Waals surface area (Å²) in [4.78, 5) is 0. The molecule has 0 aromatic carbocycles. The maximum atomic E-state index is 10.3. The highest BCUT2D eigenvalue weighted by Crippen LogP contribution is 2.27. The quantitative estimate of drug-likeness (QED) is 0.868. The second kappa shape index (κ2) is 4.97. The number of aromatic nitrogens is 4. The summed E-state index contributed by atoms with van der Waals surface area (Å²) >= 11 is 1.79. The predicted molar refractivity (Wildman–Crippen MR) is 75.5 cm³/mol. The van der Waals surface area contributed by atoms with Crippen LogP contribution in [0, 0.1) is 0 Å². The van der Waals surface area contributed by atoms with E-state index in [9.17, 15) is 5.11 Å². The van der Waals surface area contributed by atoms with Crippen LogP contribution in [0.4, 0.5) is 5.82 Å². The van der Waals surface area contributed by atoms with Gasteiger partial charge in [0.2, 0.25) is 0 Å². The van der Waals surface area contributed by atoms with Crippen molar-refractivity contribution in [2.24, 2.45) is 0 Å². The molecule has 2 N–H and O–H groups in total. The molecule has 0 saturated carbocycles. The molecule has 0 spiro atoms. The lowest BCUT2D eigenvalue weighted by Crippen LogP contribution is -2.36. The van der Waals surface area contributed by atoms with Gasteiger partial charge in [-0.25, -0.2) is 0 Å². The number of hydrogen-bond donors (Lipinski definition) is 2. The summed E-state index contributed by atoms with van der Waals surface area (Å²) in [6.45, 7) is 2.55. The molecule has 7 heteroatoms. The summed E-state index contributed by atoms with van der Waals surface area (Å²) in [5, 5.41) is 26.1. The molecular formula is C12H17N5OS. The molecule has 1 fully saturated rings. The Kier molecular flexibility index (Phi) is 3.32. The van der Waals surface area contributed by atoms with E-state index in [4.69, 9.17) is 0 Å². The van der Waals surface area contributed by atoms with Crippen LogP contribution in [0.2, 0.25) is 0 Å². The van der Waals surface area contributed by atoms with Crippen molar-refractivity contribution < 1.29 is 5.11 Å². The van der Waals surface area contributed by atoms with E-state index < -0.39 is 5.60 Å². The second-order valence-corrected chi connectivity index (χ2v) is 5.94. The summed E-state index contributed by atoms with van der Waals surface area (Å²) in [5.41, 5.74) is 0.139. The molecule has 1 aliphatic heterocycles. The zero-order valence-electron chi connectivity index (χ0n) is 10.8. The highest BCUT2D eigenvalue weighted by atomic mass is 32.2. The van der Waals surface area contributed by atoms with Gasteiger partial charge in [-0.2, -0.15) is 16.3 Å². The first-order valence-corrected chi connectivity index (χ1v) is 7.61. The molecule has 6 nitrogen and oxygen atoms in total. The van der Waals surface area contributed by atoms with Crippen LogP contribution in [0.3, 0.4) is 0 Å². The lowest BCUT2D eigenvalue weighted by atomic mass is 10.0. The zero-order chi connectivity index (χ0) is 13.3. The van der Waals surface area contributed by atoms with Crippen LogP contribution < -0.4 is 5.32 Å². The Morgan fingerprint density at radius 2 is 2.37 bits per heavy atom. The number of nitrogens with zero attached hydrogens (tertiary/aromatic N) is 4. The highest BCUT2D eigenvalue weighted by Gasteiger charge is 2.31. The summed E-state index contributed by atoms with van der Waals surface area (Å²) in [7, 11) is 0. The third-order valence-corrected chi connectivity index (χ3v) is 4.56. The molecule has 0 aliphatic carbocycles. The number of nitrogens with one attached hydrogen (secondary N) is 1. The third-order valence-electron chi connectivity index (χ3n) is 3.32. The molecule has 2 aromatic rings. The fourth-order valence-electron chi connectivity index (χ4n) is 2.14. The molecule has 1 unspecified atom stereocenters. The van der Waals surface area contributed by atoms with Gasteiger partial charge in [-0.3, -0.25) is 0 Å². The number of rotatable bonds is 4. The predicted octanol–water partition coefficient (Wildman–Crippen LogP) is 0.967. The van der Waals surface area contributed by atoms with Crippen LogP contribution in [0.15, 0.2) is 12.1 Å². The van der Waals surface area contributed by atoms with Gasteiger partial charge in [-0.1, -0.05) is 6.92 Å². The van der Waals surface area contributed by atoms with Gasteiger partial charge < -0.3 is 10.4 Å². The van der Waals surface area contributed by atoms with Gasteiger partial charge in [0, 0.05) is 18.7 Å². The molecule has 19 heavy (non-hydrogen) atoms. The smallest absolute Gasteiger partial charge is 0.178 e. The lowest BCUT2D eigenvalue weighted by molar-refractivity contribution is 0.0819. The van der Waals surface area contributed by atoms with Crippen LogP contribution in [-0.4, -0.2) is 48.6 Å². The van der Waals surface area contributed by atoms with Crippen LogP contribution in [0.25, 0.3) is 5.65 Å². The summed E-state index contributed by atoms with van der Waals surface area (Å²) in [6, 6.07) is 3.75. The van der Waals surface area contributed by atoms with Gasteiger partial charge in [0.15, 0.2) is 11.5 Å². The average molecular weight is 279 g/mol. The molecule has 1 aliphatic rings. The molecule has 102 valence electrons. The maximum Gasteiger partial charge on any atom is 0.178 e. The van der Waals surface area contributed by atoms with Crippen LogP contribution in [0.1, 0.15) is 19.2 Å². The number of thioether (sulfide) groups is 1. The van der Waals surface area contributed by atoms with E-state index >= 15 is 0 Å². The van der Waals surface area contributed by atoms with Gasteiger partial charge in [0.1, 0.15) is 5.82 Å². The second-order valence-electron chi connectivity index (χ2n) is 4.84. The molecule has 0 amide bonds. The van der Waals surface area contributed by atoms with Crippen LogP contribution >= 0.6 is 11.8 Å².